The molecule has 1 aliphatic carbocycles. The molecule has 4 nitrogen and oxygen atoms in total. The van der Waals surface area contributed by atoms with E-state index in [1.807, 2.05) is 12.1 Å². The van der Waals surface area contributed by atoms with Gasteiger partial charge >= 0.3 is 0 Å². The van der Waals surface area contributed by atoms with Gasteiger partial charge in [-0.05, 0) is 31.4 Å². The smallest absolute Gasteiger partial charge is 0.191 e. The summed E-state index contributed by atoms with van der Waals surface area (Å²) in [4.78, 5) is 4.63. The molecule has 0 aromatic heterocycles. The van der Waals surface area contributed by atoms with Gasteiger partial charge in [0.15, 0.2) is 5.96 Å². The van der Waals surface area contributed by atoms with Crippen molar-refractivity contribution in [3.63, 3.8) is 0 Å². The van der Waals surface area contributed by atoms with Crippen LogP contribution in [0.5, 0.6) is 5.75 Å². The molecule has 1 atom stereocenters. The van der Waals surface area contributed by atoms with Crippen LogP contribution < -0.4 is 15.4 Å². The van der Waals surface area contributed by atoms with Crippen LogP contribution in [0.25, 0.3) is 0 Å². The minimum Gasteiger partial charge on any atom is -0.488 e. The zero-order chi connectivity index (χ0) is 13.1. The SMILES string of the molecule is CCNC(=NCC1Cc2ccccc2O1)NC1CC1.I. The maximum atomic E-state index is 5.89. The van der Waals surface area contributed by atoms with Crippen molar-refractivity contribution in [1.29, 1.82) is 0 Å². The number of halogens is 1. The number of nitrogens with one attached hydrogen (secondary N) is 2. The number of guanidine groups is 1. The van der Waals surface area contributed by atoms with Crippen molar-refractivity contribution < 1.29 is 4.74 Å². The van der Waals surface area contributed by atoms with Crippen LogP contribution in [0, 0.1) is 0 Å². The van der Waals surface area contributed by atoms with Crippen molar-refractivity contribution in [3.8, 4) is 5.75 Å². The number of aliphatic imine (C=N–C) groups is 1. The Labute approximate surface area is 137 Å². The third-order valence-corrected chi connectivity index (χ3v) is 3.43. The Morgan fingerprint density at radius 2 is 2.15 bits per heavy atom. The van der Waals surface area contributed by atoms with E-state index in [-0.39, 0.29) is 30.1 Å². The van der Waals surface area contributed by atoms with E-state index >= 15 is 0 Å². The molecule has 1 saturated carbocycles. The third-order valence-electron chi connectivity index (χ3n) is 3.43. The van der Waals surface area contributed by atoms with Crippen molar-refractivity contribution in [3.05, 3.63) is 29.8 Å². The van der Waals surface area contributed by atoms with Crippen LogP contribution in [0.15, 0.2) is 29.3 Å². The molecule has 3 rings (SSSR count). The fraction of sp³-hybridized carbons (Fsp3) is 0.533. The van der Waals surface area contributed by atoms with Crippen LogP contribution in [0.3, 0.4) is 0 Å². The predicted octanol–water partition coefficient (Wildman–Crippen LogP) is 2.33. The van der Waals surface area contributed by atoms with Crippen LogP contribution in [0.4, 0.5) is 0 Å². The molecule has 1 aromatic carbocycles. The number of ether oxygens (including phenoxy) is 1. The van der Waals surface area contributed by atoms with Crippen LogP contribution in [-0.4, -0.2) is 31.2 Å². The van der Waals surface area contributed by atoms with E-state index < -0.39 is 0 Å². The normalized spacial score (nSPS) is 20.6. The average molecular weight is 387 g/mol. The molecule has 0 bridgehead atoms. The lowest BCUT2D eigenvalue weighted by atomic mass is 10.1. The van der Waals surface area contributed by atoms with Gasteiger partial charge in [-0.2, -0.15) is 0 Å². The quantitative estimate of drug-likeness (QED) is 0.474. The molecule has 0 spiro atoms. The fourth-order valence-corrected chi connectivity index (χ4v) is 2.29. The van der Waals surface area contributed by atoms with E-state index in [0.717, 1.165) is 24.7 Å². The third kappa shape index (κ3) is 4.01. The second kappa shape index (κ2) is 7.15. The molecular formula is C15H22IN3O. The maximum Gasteiger partial charge on any atom is 0.191 e. The number of fused-ring (bicyclic) bond motifs is 1. The molecule has 1 unspecified atom stereocenters. The second-order valence-electron chi connectivity index (χ2n) is 5.19. The first-order chi connectivity index (χ1) is 9.35. The molecule has 2 aliphatic rings. The van der Waals surface area contributed by atoms with E-state index in [0.29, 0.717) is 12.6 Å². The monoisotopic (exact) mass is 387 g/mol. The van der Waals surface area contributed by atoms with Gasteiger partial charge in [0.25, 0.3) is 0 Å². The summed E-state index contributed by atoms with van der Waals surface area (Å²) >= 11 is 0. The van der Waals surface area contributed by atoms with Gasteiger partial charge in [0.1, 0.15) is 11.9 Å². The molecule has 5 heteroatoms. The number of nitrogens with zero attached hydrogens (tertiary/aromatic N) is 1. The van der Waals surface area contributed by atoms with E-state index in [1.54, 1.807) is 0 Å². The highest BCUT2D eigenvalue weighted by Crippen LogP contribution is 2.28. The maximum absolute atomic E-state index is 5.89. The van der Waals surface area contributed by atoms with Gasteiger partial charge in [0, 0.05) is 19.0 Å². The summed E-state index contributed by atoms with van der Waals surface area (Å²) in [5.41, 5.74) is 1.29. The van der Waals surface area contributed by atoms with Gasteiger partial charge in [-0.15, -0.1) is 24.0 Å². The molecule has 110 valence electrons. The lowest BCUT2D eigenvalue weighted by Crippen LogP contribution is -2.39. The largest absolute Gasteiger partial charge is 0.488 e. The van der Waals surface area contributed by atoms with Crippen molar-refractivity contribution in [2.24, 2.45) is 4.99 Å². The Hall–Kier alpha value is -0.980. The molecule has 20 heavy (non-hydrogen) atoms. The lowest BCUT2D eigenvalue weighted by Gasteiger charge is -2.12. The summed E-state index contributed by atoms with van der Waals surface area (Å²) in [6.45, 7) is 3.69. The number of hydrogen-bond acceptors (Lipinski definition) is 2. The van der Waals surface area contributed by atoms with E-state index in [9.17, 15) is 0 Å². The van der Waals surface area contributed by atoms with Crippen molar-refractivity contribution >= 4 is 29.9 Å². The molecule has 0 radical (unpaired) electrons. The average Bonchev–Trinajstić information content (AvgIpc) is 3.13. The van der Waals surface area contributed by atoms with Gasteiger partial charge in [-0.1, -0.05) is 18.2 Å². The summed E-state index contributed by atoms with van der Waals surface area (Å²) in [6.07, 6.45) is 3.65. The molecule has 0 saturated heterocycles. The van der Waals surface area contributed by atoms with Crippen molar-refractivity contribution in [1.82, 2.24) is 10.6 Å². The number of para-hydroxylation sites is 1. The first-order valence-electron chi connectivity index (χ1n) is 7.14. The standard InChI is InChI=1S/C15H21N3O.HI/c1-2-16-15(18-12-7-8-12)17-10-13-9-11-5-3-4-6-14(11)19-13;/h3-6,12-13H,2,7-10H2,1H3,(H2,16,17,18);1H. The summed E-state index contributed by atoms with van der Waals surface area (Å²) in [6, 6.07) is 8.87. The Morgan fingerprint density at radius 3 is 2.85 bits per heavy atom. The first-order valence-corrected chi connectivity index (χ1v) is 7.14. The minimum atomic E-state index is 0. The zero-order valence-electron chi connectivity index (χ0n) is 11.8. The molecule has 2 N–H and O–H groups in total. The Kier molecular flexibility index (Phi) is 5.51. The predicted molar refractivity (Wildman–Crippen MR) is 92.1 cm³/mol. The number of benzene rings is 1. The topological polar surface area (TPSA) is 45.7 Å². The Morgan fingerprint density at radius 1 is 1.35 bits per heavy atom. The number of rotatable bonds is 4. The van der Waals surface area contributed by atoms with Crippen molar-refractivity contribution in [2.75, 3.05) is 13.1 Å². The summed E-state index contributed by atoms with van der Waals surface area (Å²) in [5.74, 6) is 1.94. The van der Waals surface area contributed by atoms with E-state index in [1.165, 1.54) is 18.4 Å². The molecule has 1 heterocycles. The van der Waals surface area contributed by atoms with Gasteiger partial charge < -0.3 is 15.4 Å². The number of hydrogen-bond donors (Lipinski definition) is 2. The molecule has 1 fully saturated rings. The fourth-order valence-electron chi connectivity index (χ4n) is 2.29. The lowest BCUT2D eigenvalue weighted by molar-refractivity contribution is 0.241. The highest BCUT2D eigenvalue weighted by Gasteiger charge is 2.24. The highest BCUT2D eigenvalue weighted by atomic mass is 127. The van der Waals surface area contributed by atoms with Gasteiger partial charge in [-0.3, -0.25) is 0 Å². The Bertz CT molecular complexity index is 449. The molecule has 1 aromatic rings. The van der Waals surface area contributed by atoms with E-state index in [4.69, 9.17) is 4.74 Å². The molecule has 0 amide bonds. The summed E-state index contributed by atoms with van der Waals surface area (Å²) in [5, 5.41) is 6.70. The molecular weight excluding hydrogens is 365 g/mol. The van der Waals surface area contributed by atoms with Gasteiger partial charge in [-0.25, -0.2) is 4.99 Å². The zero-order valence-corrected chi connectivity index (χ0v) is 14.1. The summed E-state index contributed by atoms with van der Waals surface area (Å²) < 4.78 is 5.89. The van der Waals surface area contributed by atoms with Crippen LogP contribution in [-0.2, 0) is 6.42 Å². The summed E-state index contributed by atoms with van der Waals surface area (Å²) in [7, 11) is 0. The van der Waals surface area contributed by atoms with Crippen LogP contribution in [0.2, 0.25) is 0 Å². The van der Waals surface area contributed by atoms with Crippen LogP contribution in [0.1, 0.15) is 25.3 Å². The minimum absolute atomic E-state index is 0. The Balaban J connectivity index is 0.00000147. The van der Waals surface area contributed by atoms with Gasteiger partial charge in [0.2, 0.25) is 0 Å². The highest BCUT2D eigenvalue weighted by molar-refractivity contribution is 14.0. The molecule has 1 aliphatic heterocycles. The first kappa shape index (κ1) is 15.4. The van der Waals surface area contributed by atoms with Gasteiger partial charge in [0.05, 0.1) is 6.54 Å². The second-order valence-corrected chi connectivity index (χ2v) is 5.19. The van der Waals surface area contributed by atoms with E-state index in [2.05, 4.69) is 34.7 Å². The van der Waals surface area contributed by atoms with Crippen molar-refractivity contribution in [2.45, 2.75) is 38.3 Å². The van der Waals surface area contributed by atoms with Crippen LogP contribution >= 0.6 is 24.0 Å².